The Morgan fingerprint density at radius 1 is 1.50 bits per heavy atom. The Morgan fingerprint density at radius 2 is 2.25 bits per heavy atom. The third-order valence-corrected chi connectivity index (χ3v) is 5.02. The van der Waals surface area contributed by atoms with E-state index in [1.54, 1.807) is 6.07 Å². The van der Waals surface area contributed by atoms with Crippen molar-refractivity contribution in [2.24, 2.45) is 5.84 Å². The molecule has 1 aliphatic rings. The van der Waals surface area contributed by atoms with Crippen LogP contribution in [0.2, 0.25) is 5.02 Å². The molecule has 0 radical (unpaired) electrons. The number of aromatic nitrogens is 1. The molecule has 1 heterocycles. The summed E-state index contributed by atoms with van der Waals surface area (Å²) in [6, 6.07) is 1.80. The van der Waals surface area contributed by atoms with Gasteiger partial charge in [0, 0.05) is 17.5 Å². The van der Waals surface area contributed by atoms with Crippen molar-refractivity contribution in [3.05, 3.63) is 22.8 Å². The van der Waals surface area contributed by atoms with Crippen LogP contribution in [0.1, 0.15) is 36.0 Å². The number of nitrogens with one attached hydrogen (secondary N) is 2. The molecule has 5 nitrogen and oxygen atoms in total. The molecule has 0 saturated heterocycles. The van der Waals surface area contributed by atoms with Gasteiger partial charge in [0.1, 0.15) is 0 Å². The number of nitrogens with two attached hydrogens (primary N) is 1. The number of thioether (sulfide) groups is 1. The molecule has 0 bridgehead atoms. The molecule has 1 fully saturated rings. The molecule has 0 aliphatic heterocycles. The summed E-state index contributed by atoms with van der Waals surface area (Å²) in [4.78, 5) is 16.3. The van der Waals surface area contributed by atoms with Gasteiger partial charge >= 0.3 is 0 Å². The minimum absolute atomic E-state index is 0.131. The molecular weight excluding hydrogens is 296 g/mol. The minimum Gasteiger partial charge on any atom is -0.348 e. The maximum absolute atomic E-state index is 12.3. The molecule has 1 saturated carbocycles. The number of hydrogen-bond acceptors (Lipinski definition) is 5. The van der Waals surface area contributed by atoms with E-state index in [9.17, 15) is 4.79 Å². The molecule has 1 aromatic heterocycles. The molecule has 2 rings (SSSR count). The zero-order chi connectivity index (χ0) is 14.5. The third kappa shape index (κ3) is 3.56. The van der Waals surface area contributed by atoms with Crippen LogP contribution in [0.4, 0.5) is 5.82 Å². The number of hydrazine groups is 1. The lowest BCUT2D eigenvalue weighted by Gasteiger charge is -2.30. The summed E-state index contributed by atoms with van der Waals surface area (Å²) in [7, 11) is 0. The third-order valence-electron chi connectivity index (χ3n) is 3.56. The zero-order valence-corrected chi connectivity index (χ0v) is 12.9. The number of halogens is 1. The Labute approximate surface area is 128 Å². The van der Waals surface area contributed by atoms with E-state index < -0.39 is 0 Å². The second-order valence-corrected chi connectivity index (χ2v) is 6.32. The van der Waals surface area contributed by atoms with Crippen LogP contribution in [-0.2, 0) is 0 Å². The van der Waals surface area contributed by atoms with Gasteiger partial charge < -0.3 is 10.7 Å². The van der Waals surface area contributed by atoms with Crippen LogP contribution in [0, 0.1) is 0 Å². The van der Waals surface area contributed by atoms with Crippen LogP contribution in [0.5, 0.6) is 0 Å². The number of carbonyl (C=O) groups is 1. The van der Waals surface area contributed by atoms with Gasteiger partial charge in [-0.2, -0.15) is 11.8 Å². The van der Waals surface area contributed by atoms with Crippen molar-refractivity contribution < 1.29 is 4.79 Å². The van der Waals surface area contributed by atoms with E-state index in [-0.39, 0.29) is 11.9 Å². The number of amides is 1. The molecule has 1 aliphatic carbocycles. The van der Waals surface area contributed by atoms with Gasteiger partial charge in [0.05, 0.1) is 10.6 Å². The Kier molecular flexibility index (Phi) is 5.51. The van der Waals surface area contributed by atoms with E-state index in [0.29, 0.717) is 21.7 Å². The summed E-state index contributed by atoms with van der Waals surface area (Å²) in [5, 5.41) is 3.92. The summed E-state index contributed by atoms with van der Waals surface area (Å²) in [5.41, 5.74) is 2.84. The van der Waals surface area contributed by atoms with Gasteiger partial charge in [-0.05, 0) is 25.2 Å². The SMILES string of the molecule is CSC1CCCCC1NC(=O)c1cnc(NN)c(Cl)c1. The van der Waals surface area contributed by atoms with Crippen LogP contribution in [0.3, 0.4) is 0 Å². The summed E-state index contributed by atoms with van der Waals surface area (Å²) < 4.78 is 0. The molecule has 0 spiro atoms. The van der Waals surface area contributed by atoms with Crippen molar-refractivity contribution in [1.82, 2.24) is 10.3 Å². The lowest BCUT2D eigenvalue weighted by molar-refractivity contribution is 0.0929. The van der Waals surface area contributed by atoms with Crippen LogP contribution >= 0.6 is 23.4 Å². The number of carbonyl (C=O) groups excluding carboxylic acids is 1. The first-order valence-corrected chi connectivity index (χ1v) is 8.28. The molecule has 4 N–H and O–H groups in total. The molecule has 20 heavy (non-hydrogen) atoms. The Hall–Kier alpha value is -0.980. The first kappa shape index (κ1) is 15.4. The van der Waals surface area contributed by atoms with Gasteiger partial charge in [0.2, 0.25) is 0 Å². The molecule has 0 aromatic carbocycles. The number of rotatable bonds is 4. The first-order chi connectivity index (χ1) is 9.65. The number of nitrogens with zero attached hydrogens (tertiary/aromatic N) is 1. The van der Waals surface area contributed by atoms with Crippen molar-refractivity contribution in [2.75, 3.05) is 11.7 Å². The molecule has 1 amide bonds. The normalized spacial score (nSPS) is 22.4. The second kappa shape index (κ2) is 7.15. The highest BCUT2D eigenvalue weighted by Gasteiger charge is 2.26. The first-order valence-electron chi connectivity index (χ1n) is 6.61. The van der Waals surface area contributed by atoms with Crippen molar-refractivity contribution in [1.29, 1.82) is 0 Å². The predicted octanol–water partition coefficient (Wildman–Crippen LogP) is 2.42. The van der Waals surface area contributed by atoms with E-state index in [1.165, 1.54) is 12.6 Å². The van der Waals surface area contributed by atoms with Crippen molar-refractivity contribution in [3.63, 3.8) is 0 Å². The topological polar surface area (TPSA) is 80.0 Å². The van der Waals surface area contributed by atoms with E-state index in [4.69, 9.17) is 17.4 Å². The van der Waals surface area contributed by atoms with E-state index in [2.05, 4.69) is 22.0 Å². The van der Waals surface area contributed by atoms with Crippen LogP contribution < -0.4 is 16.6 Å². The van der Waals surface area contributed by atoms with Gasteiger partial charge in [-0.3, -0.25) is 4.79 Å². The monoisotopic (exact) mass is 314 g/mol. The largest absolute Gasteiger partial charge is 0.348 e. The van der Waals surface area contributed by atoms with E-state index in [0.717, 1.165) is 19.3 Å². The van der Waals surface area contributed by atoms with Crippen molar-refractivity contribution in [2.45, 2.75) is 37.0 Å². The Morgan fingerprint density at radius 3 is 2.90 bits per heavy atom. The number of nitrogen functional groups attached to an aromatic ring is 1. The highest BCUT2D eigenvalue weighted by molar-refractivity contribution is 7.99. The van der Waals surface area contributed by atoms with Crippen LogP contribution in [0.15, 0.2) is 12.3 Å². The molecule has 2 atom stereocenters. The molecular formula is C13H19ClN4OS. The fourth-order valence-corrected chi connectivity index (χ4v) is 3.62. The fourth-order valence-electron chi connectivity index (χ4n) is 2.46. The quantitative estimate of drug-likeness (QED) is 0.587. The fraction of sp³-hybridized carbons (Fsp3) is 0.538. The average Bonchev–Trinajstić information content (AvgIpc) is 2.47. The summed E-state index contributed by atoms with van der Waals surface area (Å²) in [5.74, 6) is 5.50. The van der Waals surface area contributed by atoms with Gasteiger partial charge in [0.25, 0.3) is 5.91 Å². The summed E-state index contributed by atoms with van der Waals surface area (Å²) in [6.45, 7) is 0. The number of anilines is 1. The maximum Gasteiger partial charge on any atom is 0.253 e. The van der Waals surface area contributed by atoms with Crippen molar-refractivity contribution in [3.8, 4) is 0 Å². The highest BCUT2D eigenvalue weighted by Crippen LogP contribution is 2.27. The Bertz CT molecular complexity index is 485. The van der Waals surface area contributed by atoms with Crippen LogP contribution in [0.25, 0.3) is 0 Å². The van der Waals surface area contributed by atoms with Gasteiger partial charge in [-0.15, -0.1) is 0 Å². The van der Waals surface area contributed by atoms with E-state index in [1.807, 2.05) is 11.8 Å². The summed E-state index contributed by atoms with van der Waals surface area (Å²) >= 11 is 7.80. The Balaban J connectivity index is 2.05. The number of hydrogen-bond donors (Lipinski definition) is 3. The van der Waals surface area contributed by atoms with Gasteiger partial charge in [-0.1, -0.05) is 24.4 Å². The molecule has 7 heteroatoms. The number of pyridine rings is 1. The predicted molar refractivity (Wildman–Crippen MR) is 84.1 cm³/mol. The van der Waals surface area contributed by atoms with Crippen LogP contribution in [-0.4, -0.2) is 28.4 Å². The lowest BCUT2D eigenvalue weighted by Crippen LogP contribution is -2.43. The smallest absolute Gasteiger partial charge is 0.253 e. The summed E-state index contributed by atoms with van der Waals surface area (Å²) in [6.07, 6.45) is 8.16. The molecule has 1 aromatic rings. The van der Waals surface area contributed by atoms with Gasteiger partial charge in [-0.25, -0.2) is 10.8 Å². The minimum atomic E-state index is -0.131. The molecule has 110 valence electrons. The molecule has 2 unspecified atom stereocenters. The lowest BCUT2D eigenvalue weighted by atomic mass is 9.94. The standard InChI is InChI=1S/C13H19ClN4OS/c1-20-11-5-3-2-4-10(11)17-13(19)8-6-9(14)12(18-15)16-7-8/h6-7,10-11H,2-5,15H2,1H3,(H,16,18)(H,17,19). The van der Waals surface area contributed by atoms with Gasteiger partial charge in [0.15, 0.2) is 5.82 Å². The maximum atomic E-state index is 12.3. The second-order valence-electron chi connectivity index (χ2n) is 4.84. The zero-order valence-electron chi connectivity index (χ0n) is 11.4. The highest BCUT2D eigenvalue weighted by atomic mass is 35.5. The van der Waals surface area contributed by atoms with E-state index >= 15 is 0 Å². The average molecular weight is 315 g/mol. The van der Waals surface area contributed by atoms with Crippen molar-refractivity contribution >= 4 is 35.1 Å².